The Morgan fingerprint density at radius 3 is 2.52 bits per heavy atom. The number of amides is 1. The van der Waals surface area contributed by atoms with Crippen molar-refractivity contribution < 1.29 is 9.53 Å². The molecule has 6 rings (SSSR count). The van der Waals surface area contributed by atoms with E-state index in [1.165, 1.54) is 0 Å². The topological polar surface area (TPSA) is 145 Å². The van der Waals surface area contributed by atoms with E-state index in [0.717, 1.165) is 52.9 Å². The molecule has 0 spiro atoms. The number of nitrogen functional groups attached to an aromatic ring is 1. The Morgan fingerprint density at radius 2 is 1.75 bits per heavy atom. The molecule has 6 N–H and O–H groups in total. The van der Waals surface area contributed by atoms with E-state index in [1.54, 1.807) is 18.5 Å². The van der Waals surface area contributed by atoms with Crippen molar-refractivity contribution in [1.29, 1.82) is 5.41 Å². The second-order valence-electron chi connectivity index (χ2n) is 10.3. The highest BCUT2D eigenvalue weighted by Gasteiger charge is 2.24. The predicted molar refractivity (Wildman–Crippen MR) is 156 cm³/mol. The lowest BCUT2D eigenvalue weighted by molar-refractivity contribution is 0.0917. The van der Waals surface area contributed by atoms with Crippen molar-refractivity contribution in [2.45, 2.75) is 44.3 Å². The van der Waals surface area contributed by atoms with E-state index < -0.39 is 0 Å². The highest BCUT2D eigenvalue weighted by molar-refractivity contribution is 6.02. The maximum atomic E-state index is 13.7. The Morgan fingerprint density at radius 1 is 0.975 bits per heavy atom. The van der Waals surface area contributed by atoms with Crippen LogP contribution in [0.3, 0.4) is 0 Å². The van der Waals surface area contributed by atoms with Gasteiger partial charge in [-0.05, 0) is 72.4 Å². The summed E-state index contributed by atoms with van der Waals surface area (Å²) in [6.07, 6.45) is 6.81. The van der Waals surface area contributed by atoms with Crippen LogP contribution in [0, 0.1) is 5.41 Å². The molecule has 1 aliphatic carbocycles. The lowest BCUT2D eigenvalue weighted by atomic mass is 9.92. The number of aromatic nitrogens is 3. The fourth-order valence-electron chi connectivity index (χ4n) is 5.47. The fraction of sp³-hybridized carbons (Fsp3) is 0.226. The molecule has 0 atom stereocenters. The summed E-state index contributed by atoms with van der Waals surface area (Å²) in [7, 11) is 0. The molecule has 1 fully saturated rings. The van der Waals surface area contributed by atoms with Crippen LogP contribution in [0.15, 0.2) is 79.1 Å². The van der Waals surface area contributed by atoms with E-state index in [-0.39, 0.29) is 29.8 Å². The number of nitrogens with zero attached hydrogens (tertiary/aromatic N) is 3. The van der Waals surface area contributed by atoms with Gasteiger partial charge in [0.2, 0.25) is 0 Å². The molecule has 2 heterocycles. The first kappa shape index (κ1) is 25.5. The summed E-state index contributed by atoms with van der Waals surface area (Å²) in [6, 6.07) is 21.8. The molecule has 0 radical (unpaired) electrons. The van der Waals surface area contributed by atoms with Crippen LogP contribution < -0.4 is 21.5 Å². The Kier molecular flexibility index (Phi) is 6.88. The highest BCUT2D eigenvalue weighted by Crippen LogP contribution is 2.31. The summed E-state index contributed by atoms with van der Waals surface area (Å²) in [5.41, 5.74) is 14.9. The summed E-state index contributed by atoms with van der Waals surface area (Å²) in [5, 5.41) is 14.1. The van der Waals surface area contributed by atoms with Crippen molar-refractivity contribution in [3.63, 3.8) is 0 Å². The second-order valence-corrected chi connectivity index (χ2v) is 10.3. The molecule has 0 unspecified atom stereocenters. The van der Waals surface area contributed by atoms with Gasteiger partial charge in [0.15, 0.2) is 0 Å². The Labute approximate surface area is 231 Å². The van der Waals surface area contributed by atoms with Crippen LogP contribution in [0.2, 0.25) is 0 Å². The van der Waals surface area contributed by atoms with Crippen molar-refractivity contribution in [3.8, 4) is 11.8 Å². The van der Waals surface area contributed by atoms with Gasteiger partial charge in [-0.3, -0.25) is 10.2 Å². The number of nitrogens with two attached hydrogens (primary N) is 2. The Hall–Kier alpha value is -4.76. The van der Waals surface area contributed by atoms with Crippen LogP contribution in [-0.2, 0) is 6.54 Å². The number of hydrogen-bond acceptors (Lipinski definition) is 6. The van der Waals surface area contributed by atoms with E-state index in [4.69, 9.17) is 21.6 Å². The standard InChI is InChI=1S/C31H31N7O2/c32-23-8-10-24(11-9-23)37-30(39)28-16-20-6-7-21(29(33)34)17-27(20)38(28)18-22-15-25(40-31-35-12-3-13-36-31)14-19-4-1-2-5-26(19)22/h1-7,12-17,23-24H,8-11,18,32H2,(H3,33,34)(H,37,39)/t23-,24-. The average Bonchev–Trinajstić information content (AvgIpc) is 3.32. The normalized spacial score (nSPS) is 17.1. The van der Waals surface area contributed by atoms with Gasteiger partial charge < -0.3 is 26.1 Å². The largest absolute Gasteiger partial charge is 0.424 e. The van der Waals surface area contributed by atoms with Crippen LogP contribution in [0.5, 0.6) is 11.8 Å². The summed E-state index contributed by atoms with van der Waals surface area (Å²) >= 11 is 0. The number of carbonyl (C=O) groups excluding carboxylic acids is 1. The molecule has 9 nitrogen and oxygen atoms in total. The Bertz CT molecular complexity index is 1710. The van der Waals surface area contributed by atoms with E-state index in [9.17, 15) is 4.79 Å². The molecule has 5 aromatic rings. The lowest BCUT2D eigenvalue weighted by Crippen LogP contribution is -2.41. The van der Waals surface area contributed by atoms with Gasteiger partial charge in [0.1, 0.15) is 17.3 Å². The number of ether oxygens (including phenoxy) is 1. The highest BCUT2D eigenvalue weighted by atomic mass is 16.5. The first-order chi connectivity index (χ1) is 19.4. The van der Waals surface area contributed by atoms with Crippen molar-refractivity contribution in [2.75, 3.05) is 0 Å². The molecular weight excluding hydrogens is 502 g/mol. The molecule has 1 amide bonds. The van der Waals surface area contributed by atoms with Gasteiger partial charge in [-0.1, -0.05) is 36.4 Å². The molecular formula is C31H31N7O2. The summed E-state index contributed by atoms with van der Waals surface area (Å²) in [4.78, 5) is 22.1. The number of rotatable bonds is 7. The number of nitrogens with one attached hydrogen (secondary N) is 2. The molecule has 1 aliphatic rings. The van der Waals surface area contributed by atoms with Crippen LogP contribution in [0.4, 0.5) is 0 Å². The van der Waals surface area contributed by atoms with E-state index in [1.807, 2.05) is 59.2 Å². The summed E-state index contributed by atoms with van der Waals surface area (Å²) < 4.78 is 8.00. The zero-order valence-electron chi connectivity index (χ0n) is 22.0. The first-order valence-electron chi connectivity index (χ1n) is 13.5. The monoisotopic (exact) mass is 533 g/mol. The minimum Gasteiger partial charge on any atom is -0.424 e. The zero-order valence-corrected chi connectivity index (χ0v) is 22.0. The average molecular weight is 534 g/mol. The van der Waals surface area contributed by atoms with Gasteiger partial charge in [-0.2, -0.15) is 0 Å². The van der Waals surface area contributed by atoms with E-state index in [2.05, 4.69) is 21.4 Å². The van der Waals surface area contributed by atoms with E-state index in [0.29, 0.717) is 23.6 Å². The van der Waals surface area contributed by atoms with Gasteiger partial charge in [0, 0.05) is 47.5 Å². The smallest absolute Gasteiger partial charge is 0.321 e. The van der Waals surface area contributed by atoms with Crippen molar-refractivity contribution in [3.05, 3.63) is 95.9 Å². The van der Waals surface area contributed by atoms with Gasteiger partial charge in [-0.25, -0.2) is 9.97 Å². The molecule has 0 aliphatic heterocycles. The minimum absolute atomic E-state index is 0.0251. The summed E-state index contributed by atoms with van der Waals surface area (Å²) in [5.74, 6) is 0.448. The molecule has 0 saturated heterocycles. The molecule has 40 heavy (non-hydrogen) atoms. The van der Waals surface area contributed by atoms with Crippen LogP contribution in [0.25, 0.3) is 21.7 Å². The van der Waals surface area contributed by atoms with Gasteiger partial charge >= 0.3 is 6.01 Å². The van der Waals surface area contributed by atoms with Crippen LogP contribution >= 0.6 is 0 Å². The van der Waals surface area contributed by atoms with Crippen molar-refractivity contribution in [1.82, 2.24) is 19.9 Å². The second kappa shape index (κ2) is 10.8. The summed E-state index contributed by atoms with van der Waals surface area (Å²) in [6.45, 7) is 0.399. The van der Waals surface area contributed by atoms with Crippen molar-refractivity contribution in [2.24, 2.45) is 11.5 Å². The van der Waals surface area contributed by atoms with E-state index >= 15 is 0 Å². The Balaban J connectivity index is 1.43. The number of amidine groups is 1. The molecule has 2 aromatic heterocycles. The predicted octanol–water partition coefficient (Wildman–Crippen LogP) is 4.71. The van der Waals surface area contributed by atoms with Crippen molar-refractivity contribution >= 4 is 33.4 Å². The zero-order chi connectivity index (χ0) is 27.6. The molecule has 9 heteroatoms. The molecule has 3 aromatic carbocycles. The number of carbonyl (C=O) groups is 1. The lowest BCUT2D eigenvalue weighted by Gasteiger charge is -2.27. The molecule has 0 bridgehead atoms. The third-order valence-electron chi connectivity index (χ3n) is 7.56. The maximum Gasteiger partial charge on any atom is 0.321 e. The minimum atomic E-state index is -0.129. The third-order valence-corrected chi connectivity index (χ3v) is 7.56. The van der Waals surface area contributed by atoms with Gasteiger partial charge in [0.05, 0.1) is 0 Å². The van der Waals surface area contributed by atoms with Crippen LogP contribution in [-0.4, -0.2) is 38.4 Å². The van der Waals surface area contributed by atoms with Gasteiger partial charge in [-0.15, -0.1) is 0 Å². The number of benzene rings is 3. The fourth-order valence-corrected chi connectivity index (χ4v) is 5.47. The molecule has 1 saturated carbocycles. The maximum absolute atomic E-state index is 13.7. The first-order valence-corrected chi connectivity index (χ1v) is 13.5. The SMILES string of the molecule is N=C(N)c1ccc2cc(C(=O)N[C@H]3CC[C@H](N)CC3)n(Cc3cc(Oc4ncccn4)cc4ccccc34)c2c1. The van der Waals surface area contributed by atoms with Gasteiger partial charge in [0.25, 0.3) is 5.91 Å². The van der Waals surface area contributed by atoms with Crippen LogP contribution in [0.1, 0.15) is 47.3 Å². The third kappa shape index (κ3) is 5.23. The number of fused-ring (bicyclic) bond motifs is 2. The quantitative estimate of drug-likeness (QED) is 0.176. The number of hydrogen-bond donors (Lipinski definition) is 4. The molecule has 202 valence electrons.